The van der Waals surface area contributed by atoms with Gasteiger partial charge in [0, 0.05) is 27.9 Å². The Bertz CT molecular complexity index is 574. The fourth-order valence-electron chi connectivity index (χ4n) is 2.52. The highest BCUT2D eigenvalue weighted by atomic mass is 79.9. The molecule has 3 heteroatoms. The van der Waals surface area contributed by atoms with Gasteiger partial charge in [0.25, 0.3) is 0 Å². The number of benzene rings is 1. The highest BCUT2D eigenvalue weighted by Crippen LogP contribution is 2.30. The minimum Gasteiger partial charge on any atom is -0.313 e. The first-order valence-electron chi connectivity index (χ1n) is 7.24. The second-order valence-corrected chi connectivity index (χ2v) is 7.54. The van der Waals surface area contributed by atoms with E-state index in [-0.39, 0.29) is 0 Å². The summed E-state index contributed by atoms with van der Waals surface area (Å²) in [4.78, 5) is 1.45. The van der Waals surface area contributed by atoms with Gasteiger partial charge >= 0.3 is 0 Å². The van der Waals surface area contributed by atoms with Gasteiger partial charge in [-0.25, -0.2) is 0 Å². The lowest BCUT2D eigenvalue weighted by Gasteiger charge is -2.18. The third kappa shape index (κ3) is 3.72. The molecule has 1 fully saturated rings. The molecule has 1 nitrogen and oxygen atoms in total. The number of halogens is 1. The molecule has 1 aliphatic rings. The maximum atomic E-state index is 3.70. The second-order valence-electron chi connectivity index (χ2n) is 5.69. The van der Waals surface area contributed by atoms with Gasteiger partial charge in [-0.15, -0.1) is 11.3 Å². The summed E-state index contributed by atoms with van der Waals surface area (Å²) in [5.41, 5.74) is 2.81. The molecule has 20 heavy (non-hydrogen) atoms. The van der Waals surface area contributed by atoms with Crippen molar-refractivity contribution in [3.05, 3.63) is 56.2 Å². The molecule has 1 unspecified atom stereocenters. The summed E-state index contributed by atoms with van der Waals surface area (Å²) in [5, 5.41) is 5.86. The number of rotatable bonds is 6. The van der Waals surface area contributed by atoms with Gasteiger partial charge in [0.15, 0.2) is 0 Å². The first kappa shape index (κ1) is 14.3. The van der Waals surface area contributed by atoms with E-state index in [0.29, 0.717) is 5.92 Å². The number of thiophene rings is 1. The molecule has 1 atom stereocenters. The van der Waals surface area contributed by atoms with Crippen molar-refractivity contribution in [3.63, 3.8) is 0 Å². The monoisotopic (exact) mass is 349 g/mol. The molecule has 0 radical (unpaired) electrons. The summed E-state index contributed by atoms with van der Waals surface area (Å²) >= 11 is 5.52. The van der Waals surface area contributed by atoms with E-state index in [2.05, 4.69) is 63.9 Å². The molecule has 3 rings (SSSR count). The van der Waals surface area contributed by atoms with Crippen molar-refractivity contribution in [1.82, 2.24) is 5.32 Å². The highest BCUT2D eigenvalue weighted by Gasteiger charge is 2.23. The van der Waals surface area contributed by atoms with Crippen LogP contribution in [0.25, 0.3) is 0 Å². The molecule has 1 heterocycles. The average molecular weight is 350 g/mol. The van der Waals surface area contributed by atoms with Crippen LogP contribution < -0.4 is 5.32 Å². The molecule has 0 aliphatic heterocycles. The lowest BCUT2D eigenvalue weighted by molar-refractivity contribution is 0.579. The van der Waals surface area contributed by atoms with E-state index in [1.165, 1.54) is 33.3 Å². The summed E-state index contributed by atoms with van der Waals surface area (Å²) in [7, 11) is 0. The van der Waals surface area contributed by atoms with E-state index in [1.54, 1.807) is 0 Å². The van der Waals surface area contributed by atoms with E-state index in [0.717, 1.165) is 19.0 Å². The van der Waals surface area contributed by atoms with Crippen molar-refractivity contribution < 1.29 is 0 Å². The second kappa shape index (κ2) is 6.42. The Morgan fingerprint density at radius 3 is 2.85 bits per heavy atom. The molecule has 0 saturated heterocycles. The standard InChI is InChI=1S/C17H20BrNS/c1-12-3-2-4-13(9-12)14(11-19-15-5-6-15)10-17-16(18)7-8-20-17/h2-4,7-9,14-15,19H,5-6,10-11H2,1H3. The molecule has 0 amide bonds. The number of aryl methyl sites for hydroxylation is 1. The number of hydrogen-bond donors (Lipinski definition) is 1. The zero-order valence-corrected chi connectivity index (χ0v) is 14.1. The van der Waals surface area contributed by atoms with Gasteiger partial charge < -0.3 is 5.32 Å². The summed E-state index contributed by atoms with van der Waals surface area (Å²) in [5.74, 6) is 0.561. The average Bonchev–Trinajstić information content (AvgIpc) is 3.18. The van der Waals surface area contributed by atoms with Gasteiger partial charge in [-0.05, 0) is 59.1 Å². The van der Waals surface area contributed by atoms with Crippen LogP contribution in [0.2, 0.25) is 0 Å². The Hall–Kier alpha value is -0.640. The van der Waals surface area contributed by atoms with Crippen molar-refractivity contribution in [2.75, 3.05) is 6.54 Å². The third-order valence-electron chi connectivity index (χ3n) is 3.87. The lowest BCUT2D eigenvalue weighted by atomic mass is 9.93. The van der Waals surface area contributed by atoms with Crippen LogP contribution in [0.4, 0.5) is 0 Å². The molecule has 1 N–H and O–H groups in total. The smallest absolute Gasteiger partial charge is 0.0314 e. The first-order chi connectivity index (χ1) is 9.72. The summed E-state index contributed by atoms with van der Waals surface area (Å²) in [6.45, 7) is 3.26. The van der Waals surface area contributed by atoms with E-state index < -0.39 is 0 Å². The largest absolute Gasteiger partial charge is 0.313 e. The quantitative estimate of drug-likeness (QED) is 0.782. The maximum Gasteiger partial charge on any atom is 0.0314 e. The van der Waals surface area contributed by atoms with Gasteiger partial charge in [0.1, 0.15) is 0 Å². The molecular weight excluding hydrogens is 330 g/mol. The van der Waals surface area contributed by atoms with Crippen molar-refractivity contribution in [1.29, 1.82) is 0 Å². The van der Waals surface area contributed by atoms with Crippen molar-refractivity contribution in [2.45, 2.75) is 38.1 Å². The van der Waals surface area contributed by atoms with Crippen molar-refractivity contribution in [3.8, 4) is 0 Å². The van der Waals surface area contributed by atoms with Crippen LogP contribution in [-0.2, 0) is 6.42 Å². The number of nitrogens with one attached hydrogen (secondary N) is 1. The topological polar surface area (TPSA) is 12.0 Å². The molecular formula is C17H20BrNS. The number of hydrogen-bond acceptors (Lipinski definition) is 2. The Labute approximate surface area is 133 Å². The third-order valence-corrected chi connectivity index (χ3v) is 5.82. The first-order valence-corrected chi connectivity index (χ1v) is 8.91. The summed E-state index contributed by atoms with van der Waals surface area (Å²) in [6, 6.07) is 11.9. The fraction of sp³-hybridized carbons (Fsp3) is 0.412. The van der Waals surface area contributed by atoms with Gasteiger partial charge in [-0.2, -0.15) is 0 Å². The highest BCUT2D eigenvalue weighted by molar-refractivity contribution is 9.10. The van der Waals surface area contributed by atoms with Gasteiger partial charge in [-0.3, -0.25) is 0 Å². The molecule has 1 aromatic carbocycles. The predicted octanol–water partition coefficient (Wildman–Crippen LogP) is 4.90. The van der Waals surface area contributed by atoms with Crippen molar-refractivity contribution >= 4 is 27.3 Å². The molecule has 1 saturated carbocycles. The van der Waals surface area contributed by atoms with E-state index in [1.807, 2.05) is 11.3 Å². The normalized spacial score (nSPS) is 16.3. The molecule has 0 bridgehead atoms. The van der Waals surface area contributed by atoms with Crippen LogP contribution in [0.3, 0.4) is 0 Å². The Balaban J connectivity index is 1.77. The van der Waals surface area contributed by atoms with E-state index >= 15 is 0 Å². The summed E-state index contributed by atoms with van der Waals surface area (Å²) < 4.78 is 1.26. The van der Waals surface area contributed by atoms with Gasteiger partial charge in [0.05, 0.1) is 0 Å². The van der Waals surface area contributed by atoms with E-state index in [4.69, 9.17) is 0 Å². The zero-order chi connectivity index (χ0) is 13.9. The minimum atomic E-state index is 0.561. The van der Waals surface area contributed by atoms with Crippen LogP contribution in [-0.4, -0.2) is 12.6 Å². The Morgan fingerprint density at radius 2 is 2.20 bits per heavy atom. The van der Waals surface area contributed by atoms with Crippen LogP contribution in [0.5, 0.6) is 0 Å². The molecule has 1 aromatic heterocycles. The molecule has 0 spiro atoms. The molecule has 1 aliphatic carbocycles. The molecule has 106 valence electrons. The van der Waals surface area contributed by atoms with Gasteiger partial charge in [0.2, 0.25) is 0 Å². The summed E-state index contributed by atoms with van der Waals surface area (Å²) in [6.07, 6.45) is 3.81. The van der Waals surface area contributed by atoms with Crippen LogP contribution in [0.1, 0.15) is 34.8 Å². The van der Waals surface area contributed by atoms with Crippen LogP contribution >= 0.6 is 27.3 Å². The van der Waals surface area contributed by atoms with E-state index in [9.17, 15) is 0 Å². The SMILES string of the molecule is Cc1cccc(C(CNC2CC2)Cc2sccc2Br)c1. The maximum absolute atomic E-state index is 3.70. The van der Waals surface area contributed by atoms with Crippen molar-refractivity contribution in [2.24, 2.45) is 0 Å². The Morgan fingerprint density at radius 1 is 1.35 bits per heavy atom. The zero-order valence-electron chi connectivity index (χ0n) is 11.7. The van der Waals surface area contributed by atoms with Crippen LogP contribution in [0, 0.1) is 6.92 Å². The minimum absolute atomic E-state index is 0.561. The van der Waals surface area contributed by atoms with Gasteiger partial charge in [-0.1, -0.05) is 29.8 Å². The Kier molecular flexibility index (Phi) is 4.59. The molecule has 2 aromatic rings. The lowest BCUT2D eigenvalue weighted by Crippen LogP contribution is -2.24. The van der Waals surface area contributed by atoms with Crippen LogP contribution in [0.15, 0.2) is 40.2 Å². The predicted molar refractivity (Wildman–Crippen MR) is 90.7 cm³/mol. The fourth-order valence-corrected chi connectivity index (χ4v) is 4.12.